The molecule has 0 aromatic heterocycles. The summed E-state index contributed by atoms with van der Waals surface area (Å²) < 4.78 is 21.3. The molecule has 21 nitrogen and oxygen atoms in total. The van der Waals surface area contributed by atoms with Crippen LogP contribution in [0.1, 0.15) is 156 Å². The summed E-state index contributed by atoms with van der Waals surface area (Å²) in [4.78, 5) is 91.6. The number of aliphatic carboxylic acids is 3. The van der Waals surface area contributed by atoms with E-state index in [2.05, 4.69) is 44.5 Å². The van der Waals surface area contributed by atoms with Gasteiger partial charge in [0.15, 0.2) is 7.85 Å². The third-order valence-corrected chi connectivity index (χ3v) is 10.6. The van der Waals surface area contributed by atoms with E-state index in [1.54, 1.807) is 14.0 Å². The van der Waals surface area contributed by atoms with Gasteiger partial charge in [0.2, 0.25) is 23.6 Å². The second-order valence-corrected chi connectivity index (χ2v) is 16.7. The molecule has 0 heterocycles. The monoisotopic (exact) mass is 1030 g/mol. The largest absolute Gasteiger partial charge is 0.481 e. The Morgan fingerprint density at radius 1 is 0.493 bits per heavy atom. The number of carboxylic acids is 3. The lowest BCUT2D eigenvalue weighted by molar-refractivity contribution is -0.142. The molecule has 0 aliphatic heterocycles. The third kappa shape index (κ3) is 53.8. The molecule has 412 valence electrons. The van der Waals surface area contributed by atoms with Crippen LogP contribution in [0.4, 0.5) is 0 Å². The first-order chi connectivity index (χ1) is 34.1. The topological polar surface area (TPSA) is 306 Å². The van der Waals surface area contributed by atoms with Crippen molar-refractivity contribution in [2.24, 2.45) is 0 Å². The molecular weight excluding hydrogens is 943 g/mol. The lowest BCUT2D eigenvalue weighted by atomic mass is 9.97. The van der Waals surface area contributed by atoms with Gasteiger partial charge in [-0.3, -0.25) is 34.1 Å². The number of rotatable bonds is 48. The van der Waals surface area contributed by atoms with E-state index < -0.39 is 30.0 Å². The van der Waals surface area contributed by atoms with E-state index in [9.17, 15) is 43.5 Å². The molecule has 4 amide bonds. The van der Waals surface area contributed by atoms with Crippen LogP contribution in [-0.2, 0) is 57.3 Å². The van der Waals surface area contributed by atoms with Crippen molar-refractivity contribution in [2.45, 2.75) is 174 Å². The molecule has 9 N–H and O–H groups in total. The van der Waals surface area contributed by atoms with Gasteiger partial charge in [-0.25, -0.2) is 4.79 Å². The van der Waals surface area contributed by atoms with Gasteiger partial charge in [0.05, 0.1) is 51.4 Å². The van der Waals surface area contributed by atoms with Gasteiger partial charge in [0.1, 0.15) is 25.3 Å². The van der Waals surface area contributed by atoms with Gasteiger partial charge in [-0.05, 0) is 52.5 Å². The highest BCUT2D eigenvalue weighted by molar-refractivity contribution is 7.80. The second kappa shape index (κ2) is 53.9. The zero-order chi connectivity index (χ0) is 53.8. The van der Waals surface area contributed by atoms with Crippen molar-refractivity contribution in [1.29, 1.82) is 0 Å². The zero-order valence-corrected chi connectivity index (χ0v) is 44.2. The van der Waals surface area contributed by atoms with Crippen LogP contribution >= 0.6 is 12.6 Å². The molecule has 3 unspecified atom stereocenters. The summed E-state index contributed by atoms with van der Waals surface area (Å²) in [5.74, 6) is -3.87. The summed E-state index contributed by atoms with van der Waals surface area (Å²) in [7, 11) is 6.53. The molecule has 0 aliphatic carbocycles. The van der Waals surface area contributed by atoms with Crippen molar-refractivity contribution in [3.63, 3.8) is 0 Å². The Morgan fingerprint density at radius 2 is 0.915 bits per heavy atom. The van der Waals surface area contributed by atoms with E-state index in [4.69, 9.17) is 37.0 Å². The smallest absolute Gasteiger partial charge is 0.326 e. The number of nitrogens with one attached hydrogen (secondary N) is 6. The van der Waals surface area contributed by atoms with Crippen molar-refractivity contribution in [3.05, 3.63) is 0 Å². The minimum absolute atomic E-state index is 0.0318. The fourth-order valence-corrected chi connectivity index (χ4v) is 6.45. The fraction of sp³-hybridized carbons (Fsp3) is 0.833. The first-order valence-electron chi connectivity index (χ1n) is 25.5. The molecule has 71 heavy (non-hydrogen) atoms. The Bertz CT molecular complexity index is 1390. The van der Waals surface area contributed by atoms with Crippen LogP contribution < -0.4 is 31.9 Å². The Kier molecular flexibility index (Phi) is 54.2. The van der Waals surface area contributed by atoms with Crippen molar-refractivity contribution < 1.29 is 72.6 Å². The van der Waals surface area contributed by atoms with E-state index in [-0.39, 0.29) is 133 Å². The van der Waals surface area contributed by atoms with E-state index in [1.807, 2.05) is 13.8 Å². The molecule has 0 aromatic carbocycles. The molecule has 0 aromatic rings. The lowest BCUT2D eigenvalue weighted by Crippen LogP contribution is -2.41. The molecule has 0 spiro atoms. The van der Waals surface area contributed by atoms with Crippen molar-refractivity contribution in [1.82, 2.24) is 31.9 Å². The van der Waals surface area contributed by atoms with Crippen LogP contribution in [0.2, 0.25) is 0 Å². The van der Waals surface area contributed by atoms with E-state index in [0.29, 0.717) is 32.2 Å². The van der Waals surface area contributed by atoms with Gasteiger partial charge in [-0.2, -0.15) is 12.6 Å². The number of likely N-dealkylation sites (N-methyl/N-ethyl adjacent to an activating group) is 1. The molecule has 0 fully saturated rings. The van der Waals surface area contributed by atoms with Gasteiger partial charge in [0.25, 0.3) is 0 Å². The van der Waals surface area contributed by atoms with Crippen LogP contribution in [0, 0.1) is 0 Å². The molecular formula is C48H91BN6O15S. The Balaban J connectivity index is -0.00000468. The predicted molar refractivity (Wildman–Crippen MR) is 276 cm³/mol. The normalized spacial score (nSPS) is 11.9. The van der Waals surface area contributed by atoms with Gasteiger partial charge >= 0.3 is 17.9 Å². The second-order valence-electron chi connectivity index (χ2n) is 16.4. The van der Waals surface area contributed by atoms with Crippen molar-refractivity contribution in [2.75, 3.05) is 85.4 Å². The van der Waals surface area contributed by atoms with Crippen LogP contribution in [-0.4, -0.2) is 174 Å². The number of carbonyl (C=O) groups excluding carboxylic acids is 5. The lowest BCUT2D eigenvalue weighted by Gasteiger charge is -2.14. The Morgan fingerprint density at radius 3 is 1.32 bits per heavy atom. The molecule has 3 atom stereocenters. The SMILES string of the molecule is CC.O=C(O)CCCCCCCCCCCCCCCCC(=O)NC(CCC(=O)NCCOCCOCC(=O)NCCOCCOCC(=O)NCCCCC(NCS)C(=O)O)C(=O)O.[B]C(=O)C(C)NC. The fourth-order valence-electron chi connectivity index (χ4n) is 6.23. The Hall–Kier alpha value is -3.87. The third-order valence-electron chi connectivity index (χ3n) is 10.4. The summed E-state index contributed by atoms with van der Waals surface area (Å²) in [6.07, 6.45) is 17.1. The number of amides is 4. The van der Waals surface area contributed by atoms with Crippen LogP contribution in [0.25, 0.3) is 0 Å². The minimum atomic E-state index is -1.19. The molecule has 0 rings (SSSR count). The van der Waals surface area contributed by atoms with Crippen molar-refractivity contribution >= 4 is 67.7 Å². The first-order valence-corrected chi connectivity index (χ1v) is 26.2. The number of unbranched alkanes of at least 4 members (excludes halogenated alkanes) is 14. The summed E-state index contributed by atoms with van der Waals surface area (Å²) in [6.45, 7) is 7.52. The minimum Gasteiger partial charge on any atom is -0.481 e. The van der Waals surface area contributed by atoms with Gasteiger partial charge in [-0.15, -0.1) is 0 Å². The zero-order valence-electron chi connectivity index (χ0n) is 43.3. The molecule has 0 saturated heterocycles. The maximum Gasteiger partial charge on any atom is 0.326 e. The van der Waals surface area contributed by atoms with Crippen LogP contribution in [0.5, 0.6) is 0 Å². The maximum absolute atomic E-state index is 12.3. The highest BCUT2D eigenvalue weighted by atomic mass is 32.1. The highest BCUT2D eigenvalue weighted by Crippen LogP contribution is 2.14. The number of carbonyl (C=O) groups is 8. The summed E-state index contributed by atoms with van der Waals surface area (Å²) in [5, 5.41) is 43.2. The van der Waals surface area contributed by atoms with Crippen LogP contribution in [0.15, 0.2) is 0 Å². The number of carboxylic acid groups (broad SMARTS) is 3. The molecule has 2 radical (unpaired) electrons. The summed E-state index contributed by atoms with van der Waals surface area (Å²) >= 11 is 3.97. The first kappa shape index (κ1) is 71.4. The van der Waals surface area contributed by atoms with E-state index in [1.165, 1.54) is 38.5 Å². The highest BCUT2D eigenvalue weighted by Gasteiger charge is 2.21. The Labute approximate surface area is 430 Å². The molecule has 23 heteroatoms. The molecule has 0 bridgehead atoms. The van der Waals surface area contributed by atoms with Crippen LogP contribution in [0.3, 0.4) is 0 Å². The molecule has 0 aliphatic rings. The standard InChI is InChI=1S/C42H77N5O14S.C4H8BNO.C2H6/c48-36(21-20-35(42(56)57)47-37(49)18-13-11-9-7-5-3-1-2-4-6-8-10-12-14-19-40(52)53)44-23-25-58-27-30-61-32-39(51)45-24-26-59-28-29-60-31-38(50)43-22-16-15-17-34(41(54)55)46-33-62;1-3(6-2)4(5)7;1-2/h34-35,46,62H,1-33H2,(H,43,50)(H,44,48)(H,45,51)(H,47,49)(H,52,53)(H,54,55)(H,56,57);3,6H,1-2H3;1-2H3. The van der Waals surface area contributed by atoms with Crippen molar-refractivity contribution in [3.8, 4) is 0 Å². The number of hydrogen-bond donors (Lipinski definition) is 10. The number of hydrogen-bond acceptors (Lipinski definition) is 15. The van der Waals surface area contributed by atoms with Gasteiger partial charge < -0.3 is 65.6 Å². The predicted octanol–water partition coefficient (Wildman–Crippen LogP) is 3.49. The summed E-state index contributed by atoms with van der Waals surface area (Å²) in [6, 6.07) is -2.01. The molecule has 0 saturated carbocycles. The van der Waals surface area contributed by atoms with Gasteiger partial charge in [0, 0.05) is 44.8 Å². The number of thiol groups is 1. The van der Waals surface area contributed by atoms with E-state index >= 15 is 0 Å². The average Bonchev–Trinajstić information content (AvgIpc) is 3.33. The average molecular weight is 1040 g/mol. The van der Waals surface area contributed by atoms with E-state index in [0.717, 1.165) is 44.9 Å². The van der Waals surface area contributed by atoms with Gasteiger partial charge in [-0.1, -0.05) is 90.9 Å². The summed E-state index contributed by atoms with van der Waals surface area (Å²) in [5.41, 5.74) is -0.317. The maximum atomic E-state index is 12.3. The quantitative estimate of drug-likeness (QED) is 0.0181. The number of ether oxygens (including phenoxy) is 4.